The highest BCUT2D eigenvalue weighted by Gasteiger charge is 2.14. The summed E-state index contributed by atoms with van der Waals surface area (Å²) < 4.78 is 7.45. The number of carboxylic acid groups (broad SMARTS) is 1. The van der Waals surface area contributed by atoms with Gasteiger partial charge in [0.1, 0.15) is 12.4 Å². The summed E-state index contributed by atoms with van der Waals surface area (Å²) in [6, 6.07) is 4.76. The van der Waals surface area contributed by atoms with E-state index in [2.05, 4.69) is 5.10 Å². The van der Waals surface area contributed by atoms with Crippen molar-refractivity contribution in [2.75, 3.05) is 0 Å². The Bertz CT molecular complexity index is 680. The van der Waals surface area contributed by atoms with Gasteiger partial charge in [-0.15, -0.1) is 0 Å². The van der Waals surface area contributed by atoms with Crippen LogP contribution in [0, 0.1) is 6.92 Å². The zero-order chi connectivity index (χ0) is 15.6. The lowest BCUT2D eigenvalue weighted by atomic mass is 10.1. The van der Waals surface area contributed by atoms with Gasteiger partial charge in [0.05, 0.1) is 22.0 Å². The molecule has 0 aliphatic rings. The normalized spacial score (nSPS) is 10.7. The molecular weight excluding hydrogens is 292 g/mol. The molecule has 6 heteroatoms. The van der Waals surface area contributed by atoms with Crippen LogP contribution in [-0.2, 0) is 20.1 Å². The number of aromatic nitrogens is 2. The summed E-state index contributed by atoms with van der Waals surface area (Å²) in [7, 11) is 1.82. The molecular formula is C15H17ClN2O3. The topological polar surface area (TPSA) is 64.4 Å². The van der Waals surface area contributed by atoms with Gasteiger partial charge in [-0.2, -0.15) is 5.10 Å². The summed E-state index contributed by atoms with van der Waals surface area (Å²) in [6.07, 6.45) is 0.763. The molecule has 112 valence electrons. The molecule has 1 heterocycles. The molecule has 0 unspecified atom stereocenters. The van der Waals surface area contributed by atoms with Gasteiger partial charge in [-0.25, -0.2) is 4.79 Å². The summed E-state index contributed by atoms with van der Waals surface area (Å²) in [4.78, 5) is 10.9. The lowest BCUT2D eigenvalue weighted by Crippen LogP contribution is -2.05. The van der Waals surface area contributed by atoms with Crippen molar-refractivity contribution in [3.8, 4) is 5.75 Å². The number of carbonyl (C=O) groups is 1. The minimum atomic E-state index is -0.952. The fourth-order valence-corrected chi connectivity index (χ4v) is 2.42. The first-order valence-corrected chi connectivity index (χ1v) is 6.98. The third-order valence-electron chi connectivity index (χ3n) is 3.29. The second-order valence-electron chi connectivity index (χ2n) is 4.76. The largest absolute Gasteiger partial charge is 0.487 e. The van der Waals surface area contributed by atoms with Gasteiger partial charge in [0, 0.05) is 7.05 Å². The number of aromatic carboxylic acids is 1. The van der Waals surface area contributed by atoms with Crippen LogP contribution in [0.3, 0.4) is 0 Å². The molecule has 0 saturated carbocycles. The molecule has 0 saturated heterocycles. The van der Waals surface area contributed by atoms with Gasteiger partial charge in [-0.3, -0.25) is 4.68 Å². The Morgan fingerprint density at radius 2 is 2.19 bits per heavy atom. The molecule has 0 fully saturated rings. The minimum absolute atomic E-state index is 0.242. The zero-order valence-electron chi connectivity index (χ0n) is 12.2. The van der Waals surface area contributed by atoms with Crippen LogP contribution in [0.1, 0.15) is 34.2 Å². The Morgan fingerprint density at radius 3 is 2.71 bits per heavy atom. The quantitative estimate of drug-likeness (QED) is 0.921. The number of rotatable bonds is 5. The van der Waals surface area contributed by atoms with Crippen molar-refractivity contribution in [2.45, 2.75) is 26.9 Å². The number of ether oxygens (including phenoxy) is 1. The zero-order valence-corrected chi connectivity index (χ0v) is 12.9. The molecule has 2 aromatic rings. The van der Waals surface area contributed by atoms with Crippen molar-refractivity contribution >= 4 is 17.6 Å². The molecule has 1 aromatic heterocycles. The van der Waals surface area contributed by atoms with Gasteiger partial charge < -0.3 is 9.84 Å². The molecule has 0 radical (unpaired) electrons. The summed E-state index contributed by atoms with van der Waals surface area (Å²) >= 11 is 6.26. The van der Waals surface area contributed by atoms with Crippen LogP contribution in [0.2, 0.25) is 5.02 Å². The van der Waals surface area contributed by atoms with E-state index in [9.17, 15) is 4.79 Å². The SMILES string of the molecule is CCc1nn(C)c(COc2ccc(C(=O)O)cc2C)c1Cl. The van der Waals surface area contributed by atoms with E-state index in [1.54, 1.807) is 16.8 Å². The van der Waals surface area contributed by atoms with Crippen molar-refractivity contribution in [3.05, 3.63) is 45.7 Å². The molecule has 0 aliphatic carbocycles. The van der Waals surface area contributed by atoms with E-state index in [0.717, 1.165) is 23.4 Å². The minimum Gasteiger partial charge on any atom is -0.487 e. The maximum atomic E-state index is 10.9. The summed E-state index contributed by atoms with van der Waals surface area (Å²) in [5.41, 5.74) is 2.65. The monoisotopic (exact) mass is 308 g/mol. The Labute approximate surface area is 128 Å². The van der Waals surface area contributed by atoms with Crippen molar-refractivity contribution in [2.24, 2.45) is 7.05 Å². The van der Waals surface area contributed by atoms with Crippen LogP contribution >= 0.6 is 11.6 Å². The van der Waals surface area contributed by atoms with E-state index >= 15 is 0 Å². The Hall–Kier alpha value is -2.01. The maximum absolute atomic E-state index is 10.9. The number of aryl methyl sites for hydroxylation is 3. The molecule has 0 aliphatic heterocycles. The number of carboxylic acids is 1. The highest BCUT2D eigenvalue weighted by atomic mass is 35.5. The Balaban J connectivity index is 2.17. The van der Waals surface area contributed by atoms with E-state index in [0.29, 0.717) is 10.8 Å². The first-order valence-electron chi connectivity index (χ1n) is 6.61. The number of hydrogen-bond donors (Lipinski definition) is 1. The first-order chi connectivity index (χ1) is 9.93. The van der Waals surface area contributed by atoms with Crippen molar-refractivity contribution in [1.29, 1.82) is 0 Å². The predicted octanol–water partition coefficient (Wildman–Crippen LogP) is 3.22. The predicted molar refractivity (Wildman–Crippen MR) is 80.1 cm³/mol. The maximum Gasteiger partial charge on any atom is 0.335 e. The molecule has 0 spiro atoms. The second-order valence-corrected chi connectivity index (χ2v) is 5.14. The number of nitrogens with zero attached hydrogens (tertiary/aromatic N) is 2. The molecule has 2 rings (SSSR count). The van der Waals surface area contributed by atoms with Crippen LogP contribution < -0.4 is 4.74 Å². The molecule has 5 nitrogen and oxygen atoms in total. The molecule has 0 atom stereocenters. The summed E-state index contributed by atoms with van der Waals surface area (Å²) in [6.45, 7) is 4.09. The van der Waals surface area contributed by atoms with Gasteiger partial charge in [0.25, 0.3) is 0 Å². The van der Waals surface area contributed by atoms with Crippen molar-refractivity contribution < 1.29 is 14.6 Å². The first kappa shape index (κ1) is 15.4. The van der Waals surface area contributed by atoms with Crippen molar-refractivity contribution in [3.63, 3.8) is 0 Å². The third kappa shape index (κ3) is 3.19. The smallest absolute Gasteiger partial charge is 0.335 e. The average Bonchev–Trinajstić information content (AvgIpc) is 2.72. The van der Waals surface area contributed by atoms with Crippen LogP contribution in [0.25, 0.3) is 0 Å². The van der Waals surface area contributed by atoms with Gasteiger partial charge in [-0.1, -0.05) is 18.5 Å². The third-order valence-corrected chi connectivity index (χ3v) is 3.73. The molecule has 0 amide bonds. The summed E-state index contributed by atoms with van der Waals surface area (Å²) in [5.74, 6) is -0.317. The van der Waals surface area contributed by atoms with Crippen LogP contribution in [0.15, 0.2) is 18.2 Å². The number of halogens is 1. The van der Waals surface area contributed by atoms with Crippen LogP contribution in [-0.4, -0.2) is 20.9 Å². The van der Waals surface area contributed by atoms with E-state index < -0.39 is 5.97 Å². The van der Waals surface area contributed by atoms with E-state index in [4.69, 9.17) is 21.4 Å². The van der Waals surface area contributed by atoms with Gasteiger partial charge in [0.2, 0.25) is 0 Å². The van der Waals surface area contributed by atoms with E-state index in [1.165, 1.54) is 6.07 Å². The van der Waals surface area contributed by atoms with Gasteiger partial charge >= 0.3 is 5.97 Å². The highest BCUT2D eigenvalue weighted by Crippen LogP contribution is 2.24. The van der Waals surface area contributed by atoms with Gasteiger partial charge in [0.15, 0.2) is 0 Å². The molecule has 1 N–H and O–H groups in total. The number of hydrogen-bond acceptors (Lipinski definition) is 3. The van der Waals surface area contributed by atoms with Crippen LogP contribution in [0.5, 0.6) is 5.75 Å². The van der Waals surface area contributed by atoms with E-state index in [-0.39, 0.29) is 12.2 Å². The van der Waals surface area contributed by atoms with Crippen molar-refractivity contribution in [1.82, 2.24) is 9.78 Å². The number of benzene rings is 1. The fourth-order valence-electron chi connectivity index (χ4n) is 2.07. The second kappa shape index (κ2) is 6.18. The van der Waals surface area contributed by atoms with Gasteiger partial charge in [-0.05, 0) is 37.1 Å². The lowest BCUT2D eigenvalue weighted by molar-refractivity contribution is 0.0696. The molecule has 1 aromatic carbocycles. The Kier molecular flexibility index (Phi) is 4.53. The average molecular weight is 309 g/mol. The highest BCUT2D eigenvalue weighted by molar-refractivity contribution is 6.31. The summed E-state index contributed by atoms with van der Waals surface area (Å²) in [5, 5.41) is 13.9. The molecule has 0 bridgehead atoms. The lowest BCUT2D eigenvalue weighted by Gasteiger charge is -2.10. The molecule has 21 heavy (non-hydrogen) atoms. The Morgan fingerprint density at radius 1 is 1.48 bits per heavy atom. The fraction of sp³-hybridized carbons (Fsp3) is 0.333. The van der Waals surface area contributed by atoms with Crippen LogP contribution in [0.4, 0.5) is 0 Å². The standard InChI is InChI=1S/C15H17ClN2O3/c1-4-11-14(16)12(18(3)17-11)8-21-13-6-5-10(15(19)20)7-9(13)2/h5-7H,4,8H2,1-3H3,(H,19,20). The van der Waals surface area contributed by atoms with E-state index in [1.807, 2.05) is 20.9 Å².